The molecule has 0 aliphatic rings. The Morgan fingerprint density at radius 2 is 1.32 bits per heavy atom. The molecule has 3 nitrogen and oxygen atoms in total. The van der Waals surface area contributed by atoms with Gasteiger partial charge in [0.1, 0.15) is 24.3 Å². The van der Waals surface area contributed by atoms with Gasteiger partial charge in [-0.2, -0.15) is 5.26 Å². The van der Waals surface area contributed by atoms with Gasteiger partial charge in [-0.3, -0.25) is 0 Å². The van der Waals surface area contributed by atoms with Crippen LogP contribution in [0.5, 0.6) is 0 Å². The summed E-state index contributed by atoms with van der Waals surface area (Å²) in [6.45, 7) is 6.37. The van der Waals surface area contributed by atoms with Gasteiger partial charge in [-0.25, -0.2) is 4.57 Å². The number of benzene rings is 4. The lowest BCUT2D eigenvalue weighted by Gasteiger charge is -2.07. The summed E-state index contributed by atoms with van der Waals surface area (Å²) in [5.74, 6) is 0. The number of aryl methyl sites for hydroxylation is 4. The Morgan fingerprint density at radius 3 is 2.05 bits per heavy atom. The van der Waals surface area contributed by atoms with Crippen LogP contribution in [0.4, 0.5) is 0 Å². The molecule has 0 saturated carbocycles. The van der Waals surface area contributed by atoms with E-state index < -0.39 is 0 Å². The van der Waals surface area contributed by atoms with Crippen LogP contribution >= 0.6 is 0 Å². The number of nitriles is 1. The Bertz CT molecular complexity index is 1850. The summed E-state index contributed by atoms with van der Waals surface area (Å²) in [6, 6.07) is 31.7. The van der Waals surface area contributed by atoms with Crippen LogP contribution in [0, 0.1) is 32.1 Å². The fourth-order valence-corrected chi connectivity index (χ4v) is 5.28. The quantitative estimate of drug-likeness (QED) is 0.240. The van der Waals surface area contributed by atoms with E-state index >= 15 is 0 Å². The normalized spacial score (nSPS) is 11.2. The number of fused-ring (bicyclic) bond motifs is 3. The number of nitrogens with zero attached hydrogens (tertiary/aromatic N) is 2. The second-order valence-electron chi connectivity index (χ2n) is 9.79. The molecule has 0 atom stereocenters. The van der Waals surface area contributed by atoms with Crippen molar-refractivity contribution in [3.05, 3.63) is 113 Å². The van der Waals surface area contributed by atoms with Gasteiger partial charge in [0, 0.05) is 28.0 Å². The first-order valence-corrected chi connectivity index (χ1v) is 12.5. The van der Waals surface area contributed by atoms with E-state index in [-0.39, 0.29) is 0 Å². The molecule has 0 N–H and O–H groups in total. The highest BCUT2D eigenvalue weighted by Crippen LogP contribution is 2.40. The Morgan fingerprint density at radius 1 is 0.676 bits per heavy atom. The lowest BCUT2D eigenvalue weighted by Crippen LogP contribution is -2.31. The van der Waals surface area contributed by atoms with E-state index in [4.69, 9.17) is 4.42 Å². The summed E-state index contributed by atoms with van der Waals surface area (Å²) >= 11 is 0. The predicted molar refractivity (Wildman–Crippen MR) is 150 cm³/mol. The zero-order chi connectivity index (χ0) is 25.7. The lowest BCUT2D eigenvalue weighted by molar-refractivity contribution is -0.660. The van der Waals surface area contributed by atoms with Crippen LogP contribution in [0.15, 0.2) is 95.5 Å². The standard InChI is InChI=1S/C34H27N2O/c1-21-10-15-29-28-17-16-27(26-13-11-25(12-14-26)24-8-6-5-7-9-24)30(19-35)33(28)37-34(29)32(21)31-18-22(2)23(3)20-36(31)4/h5-18,20H,1-4H3/q+1. The number of furan rings is 1. The second-order valence-corrected chi connectivity index (χ2v) is 9.79. The highest BCUT2D eigenvalue weighted by Gasteiger charge is 2.23. The van der Waals surface area contributed by atoms with Crippen molar-refractivity contribution in [1.82, 2.24) is 0 Å². The van der Waals surface area contributed by atoms with Gasteiger partial charge in [0.25, 0.3) is 0 Å². The third kappa shape index (κ3) is 3.70. The minimum absolute atomic E-state index is 0.564. The van der Waals surface area contributed by atoms with Gasteiger partial charge < -0.3 is 4.42 Å². The summed E-state index contributed by atoms with van der Waals surface area (Å²) in [7, 11) is 2.07. The Labute approximate surface area is 216 Å². The van der Waals surface area contributed by atoms with E-state index in [1.807, 2.05) is 24.3 Å². The van der Waals surface area contributed by atoms with Gasteiger partial charge in [-0.05, 0) is 54.7 Å². The molecule has 0 aliphatic carbocycles. The molecule has 0 amide bonds. The van der Waals surface area contributed by atoms with Crippen molar-refractivity contribution in [1.29, 1.82) is 5.26 Å². The molecular formula is C34H27N2O+. The van der Waals surface area contributed by atoms with Crippen molar-refractivity contribution >= 4 is 21.9 Å². The Balaban J connectivity index is 1.55. The molecule has 0 bridgehead atoms. The molecule has 6 aromatic rings. The van der Waals surface area contributed by atoms with Crippen LogP contribution in [0.1, 0.15) is 22.3 Å². The van der Waals surface area contributed by atoms with Gasteiger partial charge in [-0.15, -0.1) is 0 Å². The average Bonchev–Trinajstić information content (AvgIpc) is 3.30. The third-order valence-corrected chi connectivity index (χ3v) is 7.43. The van der Waals surface area contributed by atoms with Gasteiger partial charge in [-0.1, -0.05) is 72.8 Å². The summed E-state index contributed by atoms with van der Waals surface area (Å²) in [5, 5.41) is 12.3. The maximum Gasteiger partial charge on any atom is 0.216 e. The number of hydrogen-bond acceptors (Lipinski definition) is 2. The molecular weight excluding hydrogens is 452 g/mol. The van der Waals surface area contributed by atoms with Crippen LogP contribution in [0.25, 0.3) is 55.4 Å². The van der Waals surface area contributed by atoms with E-state index in [1.165, 1.54) is 16.7 Å². The first kappa shape index (κ1) is 22.8. The number of pyridine rings is 1. The zero-order valence-electron chi connectivity index (χ0n) is 21.5. The largest absolute Gasteiger partial charge is 0.454 e. The molecule has 6 rings (SSSR count). The molecule has 0 spiro atoms. The minimum Gasteiger partial charge on any atom is -0.454 e. The summed E-state index contributed by atoms with van der Waals surface area (Å²) in [5.41, 5.74) is 12.0. The molecule has 0 unspecified atom stereocenters. The zero-order valence-corrected chi connectivity index (χ0v) is 21.5. The molecule has 2 aromatic heterocycles. The van der Waals surface area contributed by atoms with E-state index in [9.17, 15) is 5.26 Å². The van der Waals surface area contributed by atoms with Crippen molar-refractivity contribution in [2.24, 2.45) is 7.05 Å². The van der Waals surface area contributed by atoms with Crippen LogP contribution < -0.4 is 4.57 Å². The number of hydrogen-bond donors (Lipinski definition) is 0. The summed E-state index contributed by atoms with van der Waals surface area (Å²) in [6.07, 6.45) is 2.16. The molecule has 0 saturated heterocycles. The predicted octanol–water partition coefficient (Wildman–Crippen LogP) is 8.21. The molecule has 2 heterocycles. The fourth-order valence-electron chi connectivity index (χ4n) is 5.28. The fraction of sp³-hybridized carbons (Fsp3) is 0.118. The second kappa shape index (κ2) is 8.76. The van der Waals surface area contributed by atoms with Crippen molar-refractivity contribution in [2.75, 3.05) is 0 Å². The van der Waals surface area contributed by atoms with Gasteiger partial charge in [0.15, 0.2) is 11.8 Å². The Kier molecular flexibility index (Phi) is 5.39. The molecule has 0 radical (unpaired) electrons. The van der Waals surface area contributed by atoms with Crippen molar-refractivity contribution < 1.29 is 8.98 Å². The molecule has 178 valence electrons. The minimum atomic E-state index is 0.564. The molecule has 37 heavy (non-hydrogen) atoms. The maximum atomic E-state index is 10.3. The molecule has 0 aliphatic heterocycles. The molecule has 4 aromatic carbocycles. The first-order chi connectivity index (χ1) is 18.0. The van der Waals surface area contributed by atoms with E-state index in [0.29, 0.717) is 11.1 Å². The van der Waals surface area contributed by atoms with Gasteiger partial charge >= 0.3 is 0 Å². The maximum absolute atomic E-state index is 10.3. The lowest BCUT2D eigenvalue weighted by atomic mass is 9.95. The van der Waals surface area contributed by atoms with Crippen LogP contribution in [0.3, 0.4) is 0 Å². The summed E-state index contributed by atoms with van der Waals surface area (Å²) < 4.78 is 8.74. The van der Waals surface area contributed by atoms with Gasteiger partial charge in [0.2, 0.25) is 5.69 Å². The third-order valence-electron chi connectivity index (χ3n) is 7.43. The smallest absolute Gasteiger partial charge is 0.216 e. The topological polar surface area (TPSA) is 40.8 Å². The van der Waals surface area contributed by atoms with E-state index in [2.05, 4.69) is 105 Å². The Hall–Kier alpha value is -4.68. The number of aromatic nitrogens is 1. The summed E-state index contributed by atoms with van der Waals surface area (Å²) in [4.78, 5) is 0. The SMILES string of the molecule is Cc1cc(-c2c(C)ccc3c2oc2c(C#N)c(-c4ccc(-c5ccccc5)cc4)ccc23)[n+](C)cc1C. The molecule has 0 fully saturated rings. The monoisotopic (exact) mass is 479 g/mol. The first-order valence-electron chi connectivity index (χ1n) is 12.5. The van der Waals surface area contributed by atoms with Crippen LogP contribution in [0.2, 0.25) is 0 Å². The van der Waals surface area contributed by atoms with Crippen LogP contribution in [-0.2, 0) is 7.05 Å². The number of rotatable bonds is 3. The molecule has 3 heteroatoms. The highest BCUT2D eigenvalue weighted by atomic mass is 16.3. The highest BCUT2D eigenvalue weighted by molar-refractivity contribution is 6.12. The van der Waals surface area contributed by atoms with E-state index in [0.717, 1.165) is 49.9 Å². The average molecular weight is 480 g/mol. The van der Waals surface area contributed by atoms with Crippen LogP contribution in [-0.4, -0.2) is 0 Å². The van der Waals surface area contributed by atoms with Gasteiger partial charge in [0.05, 0.1) is 5.56 Å². The van der Waals surface area contributed by atoms with Crippen molar-refractivity contribution in [3.63, 3.8) is 0 Å². The van der Waals surface area contributed by atoms with Crippen molar-refractivity contribution in [3.8, 4) is 39.6 Å². The van der Waals surface area contributed by atoms with E-state index in [1.54, 1.807) is 0 Å². The van der Waals surface area contributed by atoms with Crippen molar-refractivity contribution in [2.45, 2.75) is 20.8 Å².